The summed E-state index contributed by atoms with van der Waals surface area (Å²) < 4.78 is 0. The van der Waals surface area contributed by atoms with E-state index in [4.69, 9.17) is 0 Å². The largest absolute Gasteiger partial charge is 0.305 e. The van der Waals surface area contributed by atoms with Gasteiger partial charge >= 0.3 is 0 Å². The van der Waals surface area contributed by atoms with Crippen LogP contribution in [-0.4, -0.2) is 0 Å². The lowest BCUT2D eigenvalue weighted by molar-refractivity contribution is 0.579. The van der Waals surface area contributed by atoms with Gasteiger partial charge in [-0.05, 0) is 43.5 Å². The van der Waals surface area contributed by atoms with Crippen LogP contribution < -0.4 is 5.32 Å². The van der Waals surface area contributed by atoms with Crippen molar-refractivity contribution in [3.05, 3.63) is 57.3 Å². The second-order valence-corrected chi connectivity index (χ2v) is 6.08. The molecule has 0 amide bonds. The molecular formula is C16H21NS. The molecule has 0 saturated heterocycles. The van der Waals surface area contributed by atoms with Crippen molar-refractivity contribution in [1.82, 2.24) is 5.32 Å². The van der Waals surface area contributed by atoms with E-state index >= 15 is 0 Å². The van der Waals surface area contributed by atoms with Gasteiger partial charge in [0.25, 0.3) is 0 Å². The Bertz CT molecular complexity index is 484. The van der Waals surface area contributed by atoms with Gasteiger partial charge in [-0.15, -0.1) is 11.3 Å². The Labute approximate surface area is 114 Å². The van der Waals surface area contributed by atoms with E-state index in [0.717, 1.165) is 13.0 Å². The summed E-state index contributed by atoms with van der Waals surface area (Å²) in [5.41, 5.74) is 2.76. The highest BCUT2D eigenvalue weighted by Crippen LogP contribution is 2.18. The first kappa shape index (κ1) is 13.3. The molecule has 1 unspecified atom stereocenters. The van der Waals surface area contributed by atoms with Crippen molar-refractivity contribution in [2.45, 2.75) is 39.8 Å². The molecule has 2 rings (SSSR count). The summed E-state index contributed by atoms with van der Waals surface area (Å²) in [6.07, 6.45) is 1.11. The third-order valence-electron chi connectivity index (χ3n) is 3.27. The standard InChI is InChI=1S/C16H21NS/c1-4-14-6-8-15(9-7-14)13(3)17-11-16-10-5-12(2)18-16/h5-10,13,17H,4,11H2,1-3H3. The van der Waals surface area contributed by atoms with Crippen molar-refractivity contribution < 1.29 is 0 Å². The van der Waals surface area contributed by atoms with Crippen LogP contribution in [0.5, 0.6) is 0 Å². The fourth-order valence-electron chi connectivity index (χ4n) is 1.99. The molecule has 1 aromatic heterocycles. The predicted octanol–water partition coefficient (Wildman–Crippen LogP) is 4.47. The summed E-state index contributed by atoms with van der Waals surface area (Å²) in [4.78, 5) is 2.79. The number of thiophene rings is 1. The zero-order valence-corrected chi connectivity index (χ0v) is 12.2. The lowest BCUT2D eigenvalue weighted by Gasteiger charge is -2.14. The van der Waals surface area contributed by atoms with Crippen LogP contribution in [0, 0.1) is 6.92 Å². The molecule has 1 N–H and O–H groups in total. The van der Waals surface area contributed by atoms with Gasteiger partial charge in [0.05, 0.1) is 0 Å². The number of benzene rings is 1. The predicted molar refractivity (Wildman–Crippen MR) is 80.1 cm³/mol. The Balaban J connectivity index is 1.92. The third-order valence-corrected chi connectivity index (χ3v) is 4.27. The summed E-state index contributed by atoms with van der Waals surface area (Å²) in [5.74, 6) is 0. The van der Waals surface area contributed by atoms with Gasteiger partial charge in [-0.3, -0.25) is 0 Å². The van der Waals surface area contributed by atoms with Gasteiger partial charge in [-0.2, -0.15) is 0 Å². The Kier molecular flexibility index (Phi) is 4.56. The van der Waals surface area contributed by atoms with Crippen molar-refractivity contribution >= 4 is 11.3 Å². The zero-order chi connectivity index (χ0) is 13.0. The number of hydrogen-bond donors (Lipinski definition) is 1. The molecule has 18 heavy (non-hydrogen) atoms. The average Bonchev–Trinajstić information content (AvgIpc) is 2.82. The van der Waals surface area contributed by atoms with Gasteiger partial charge in [0.2, 0.25) is 0 Å². The Hall–Kier alpha value is -1.12. The molecule has 0 radical (unpaired) electrons. The average molecular weight is 259 g/mol. The fraction of sp³-hybridized carbons (Fsp3) is 0.375. The molecule has 0 aliphatic heterocycles. The van der Waals surface area contributed by atoms with Crippen LogP contribution in [-0.2, 0) is 13.0 Å². The van der Waals surface area contributed by atoms with E-state index < -0.39 is 0 Å². The van der Waals surface area contributed by atoms with E-state index in [9.17, 15) is 0 Å². The molecule has 96 valence electrons. The summed E-state index contributed by atoms with van der Waals surface area (Å²) >= 11 is 1.87. The molecule has 2 aromatic rings. The molecule has 1 aromatic carbocycles. The number of nitrogens with one attached hydrogen (secondary N) is 1. The summed E-state index contributed by atoms with van der Waals surface area (Å²) in [6, 6.07) is 13.7. The number of rotatable bonds is 5. The zero-order valence-electron chi connectivity index (χ0n) is 11.4. The van der Waals surface area contributed by atoms with Crippen molar-refractivity contribution in [2.75, 3.05) is 0 Å². The maximum Gasteiger partial charge on any atom is 0.0305 e. The highest BCUT2D eigenvalue weighted by atomic mass is 32.1. The van der Waals surface area contributed by atoms with E-state index in [0.29, 0.717) is 6.04 Å². The number of hydrogen-bond acceptors (Lipinski definition) is 2. The van der Waals surface area contributed by atoms with Crippen molar-refractivity contribution in [3.63, 3.8) is 0 Å². The molecule has 0 spiro atoms. The smallest absolute Gasteiger partial charge is 0.0305 e. The van der Waals surface area contributed by atoms with Crippen LogP contribution in [0.1, 0.15) is 40.8 Å². The van der Waals surface area contributed by atoms with E-state index in [1.54, 1.807) is 0 Å². The van der Waals surface area contributed by atoms with Crippen molar-refractivity contribution in [2.24, 2.45) is 0 Å². The van der Waals surface area contributed by atoms with Crippen LogP contribution in [0.15, 0.2) is 36.4 Å². The third kappa shape index (κ3) is 3.44. The van der Waals surface area contributed by atoms with Crippen LogP contribution in [0.4, 0.5) is 0 Å². The second-order valence-electron chi connectivity index (χ2n) is 4.71. The van der Waals surface area contributed by atoms with Gasteiger partial charge < -0.3 is 5.32 Å². The Morgan fingerprint density at radius 3 is 2.39 bits per heavy atom. The molecule has 0 saturated carbocycles. The second kappa shape index (κ2) is 6.17. The fourth-order valence-corrected chi connectivity index (χ4v) is 2.83. The molecular weight excluding hydrogens is 238 g/mol. The first-order valence-electron chi connectivity index (χ1n) is 6.56. The Morgan fingerprint density at radius 2 is 1.83 bits per heavy atom. The quantitative estimate of drug-likeness (QED) is 0.835. The van der Waals surface area contributed by atoms with Gasteiger partial charge in [0.15, 0.2) is 0 Å². The minimum Gasteiger partial charge on any atom is -0.305 e. The van der Waals surface area contributed by atoms with E-state index in [1.807, 2.05) is 11.3 Å². The maximum atomic E-state index is 3.58. The highest BCUT2D eigenvalue weighted by Gasteiger charge is 2.05. The summed E-state index contributed by atoms with van der Waals surface area (Å²) in [6.45, 7) is 7.52. The topological polar surface area (TPSA) is 12.0 Å². The van der Waals surface area contributed by atoms with E-state index in [1.165, 1.54) is 20.9 Å². The molecule has 2 heteroatoms. The molecule has 1 heterocycles. The molecule has 0 fully saturated rings. The molecule has 1 atom stereocenters. The first-order valence-corrected chi connectivity index (χ1v) is 7.38. The van der Waals surface area contributed by atoms with Gasteiger partial charge in [-0.1, -0.05) is 31.2 Å². The number of aryl methyl sites for hydroxylation is 2. The molecule has 0 aliphatic carbocycles. The highest BCUT2D eigenvalue weighted by molar-refractivity contribution is 7.11. The maximum absolute atomic E-state index is 3.58. The lowest BCUT2D eigenvalue weighted by atomic mass is 10.1. The molecule has 1 nitrogen and oxygen atoms in total. The summed E-state index contributed by atoms with van der Waals surface area (Å²) in [7, 11) is 0. The lowest BCUT2D eigenvalue weighted by Crippen LogP contribution is -2.17. The van der Waals surface area contributed by atoms with Gasteiger partial charge in [0, 0.05) is 22.3 Å². The SMILES string of the molecule is CCc1ccc(C(C)NCc2ccc(C)s2)cc1. The van der Waals surface area contributed by atoms with Gasteiger partial charge in [0.1, 0.15) is 0 Å². The van der Waals surface area contributed by atoms with E-state index in [-0.39, 0.29) is 0 Å². The monoisotopic (exact) mass is 259 g/mol. The minimum atomic E-state index is 0.401. The van der Waals surface area contributed by atoms with Crippen molar-refractivity contribution in [3.8, 4) is 0 Å². The Morgan fingerprint density at radius 1 is 1.11 bits per heavy atom. The summed E-state index contributed by atoms with van der Waals surface area (Å²) in [5, 5.41) is 3.58. The first-order chi connectivity index (χ1) is 8.69. The van der Waals surface area contributed by atoms with E-state index in [2.05, 4.69) is 62.5 Å². The van der Waals surface area contributed by atoms with Crippen LogP contribution in [0.2, 0.25) is 0 Å². The van der Waals surface area contributed by atoms with Crippen LogP contribution >= 0.6 is 11.3 Å². The van der Waals surface area contributed by atoms with Crippen molar-refractivity contribution in [1.29, 1.82) is 0 Å². The normalized spacial score (nSPS) is 12.6. The molecule has 0 aliphatic rings. The van der Waals surface area contributed by atoms with Gasteiger partial charge in [-0.25, -0.2) is 0 Å². The minimum absolute atomic E-state index is 0.401. The van der Waals surface area contributed by atoms with Crippen LogP contribution in [0.25, 0.3) is 0 Å². The molecule has 0 bridgehead atoms. The van der Waals surface area contributed by atoms with Crippen LogP contribution in [0.3, 0.4) is 0 Å².